The topological polar surface area (TPSA) is 37.8 Å². The molecule has 3 nitrogen and oxygen atoms in total. The van der Waals surface area contributed by atoms with Gasteiger partial charge in [0, 0.05) is 17.2 Å². The molecule has 0 amide bonds. The number of hydrogen-bond acceptors (Lipinski definition) is 5. The lowest BCUT2D eigenvalue weighted by Crippen LogP contribution is -2.09. The summed E-state index contributed by atoms with van der Waals surface area (Å²) in [5.74, 6) is 0.792. The van der Waals surface area contributed by atoms with E-state index in [0.29, 0.717) is 0 Å². The maximum Gasteiger partial charge on any atom is 0.225 e. The zero-order valence-corrected chi connectivity index (χ0v) is 13.5. The Labute approximate surface area is 128 Å². The molecule has 0 bridgehead atoms. The van der Waals surface area contributed by atoms with Crippen LogP contribution in [-0.4, -0.2) is 21.8 Å². The molecule has 1 fully saturated rings. The summed E-state index contributed by atoms with van der Waals surface area (Å²) in [6, 6.07) is 2.16. The van der Waals surface area contributed by atoms with Gasteiger partial charge < -0.3 is 5.32 Å². The fourth-order valence-corrected chi connectivity index (χ4v) is 4.72. The van der Waals surface area contributed by atoms with Crippen molar-refractivity contribution in [3.8, 4) is 0 Å². The Hall–Kier alpha value is -0.810. The van der Waals surface area contributed by atoms with Gasteiger partial charge in [0.15, 0.2) is 0 Å². The summed E-state index contributed by atoms with van der Waals surface area (Å²) >= 11 is 3.67. The molecule has 2 aromatic rings. The van der Waals surface area contributed by atoms with E-state index in [4.69, 9.17) is 4.98 Å². The number of hydrogen-bond donors (Lipinski definition) is 1. The summed E-state index contributed by atoms with van der Waals surface area (Å²) < 4.78 is 0. The number of nitrogens with zero attached hydrogens (tertiary/aromatic N) is 2. The van der Waals surface area contributed by atoms with Crippen LogP contribution in [0.25, 0.3) is 10.2 Å². The molecule has 1 saturated carbocycles. The second-order valence-electron chi connectivity index (χ2n) is 5.30. The Morgan fingerprint density at radius 3 is 2.95 bits per heavy atom. The molecule has 0 radical (unpaired) electrons. The summed E-state index contributed by atoms with van der Waals surface area (Å²) in [6.45, 7) is 3.10. The van der Waals surface area contributed by atoms with Gasteiger partial charge >= 0.3 is 0 Å². The summed E-state index contributed by atoms with van der Waals surface area (Å²) in [7, 11) is 0. The standard InChI is InChI=1S/C15H21N3S2/c1-2-9-16-15-17-13-12(8-10-19-13)14(18-15)20-11-6-4-3-5-7-11/h8,10-11H,2-7,9H2,1H3,(H,16,17,18). The highest BCUT2D eigenvalue weighted by Crippen LogP contribution is 2.37. The van der Waals surface area contributed by atoms with Crippen molar-refractivity contribution < 1.29 is 0 Å². The number of fused-ring (bicyclic) bond motifs is 1. The van der Waals surface area contributed by atoms with E-state index < -0.39 is 0 Å². The van der Waals surface area contributed by atoms with Gasteiger partial charge in [-0.05, 0) is 30.7 Å². The highest BCUT2D eigenvalue weighted by Gasteiger charge is 2.18. The summed E-state index contributed by atoms with van der Waals surface area (Å²) in [5.41, 5.74) is 0. The van der Waals surface area contributed by atoms with E-state index in [1.54, 1.807) is 11.3 Å². The van der Waals surface area contributed by atoms with Crippen molar-refractivity contribution >= 4 is 39.3 Å². The first-order valence-electron chi connectivity index (χ1n) is 7.52. The van der Waals surface area contributed by atoms with Crippen molar-refractivity contribution in [1.82, 2.24) is 9.97 Å². The zero-order chi connectivity index (χ0) is 13.8. The maximum absolute atomic E-state index is 4.75. The Bertz CT molecular complexity index is 561. The van der Waals surface area contributed by atoms with E-state index >= 15 is 0 Å². The average Bonchev–Trinajstić information content (AvgIpc) is 2.95. The second kappa shape index (κ2) is 6.76. The van der Waals surface area contributed by atoms with Gasteiger partial charge in [-0.1, -0.05) is 26.2 Å². The molecule has 20 heavy (non-hydrogen) atoms. The van der Waals surface area contributed by atoms with Crippen LogP contribution in [0.2, 0.25) is 0 Å². The van der Waals surface area contributed by atoms with E-state index in [0.717, 1.165) is 29.0 Å². The van der Waals surface area contributed by atoms with Gasteiger partial charge in [0.2, 0.25) is 5.95 Å². The van der Waals surface area contributed by atoms with Crippen LogP contribution in [0, 0.1) is 0 Å². The van der Waals surface area contributed by atoms with Crippen LogP contribution < -0.4 is 5.32 Å². The molecule has 0 unspecified atom stereocenters. The molecule has 5 heteroatoms. The number of thioether (sulfide) groups is 1. The zero-order valence-electron chi connectivity index (χ0n) is 11.9. The Kier molecular flexibility index (Phi) is 4.78. The SMILES string of the molecule is CCCNc1nc(SC2CCCCC2)c2ccsc2n1. The predicted octanol–water partition coefficient (Wildman–Crippen LogP) is 4.94. The van der Waals surface area contributed by atoms with Crippen molar-refractivity contribution in [2.75, 3.05) is 11.9 Å². The van der Waals surface area contributed by atoms with Gasteiger partial charge in [0.25, 0.3) is 0 Å². The molecule has 2 aromatic heterocycles. The van der Waals surface area contributed by atoms with Crippen molar-refractivity contribution in [2.24, 2.45) is 0 Å². The Morgan fingerprint density at radius 1 is 1.30 bits per heavy atom. The van der Waals surface area contributed by atoms with Crippen LogP contribution in [0.3, 0.4) is 0 Å². The van der Waals surface area contributed by atoms with Crippen molar-refractivity contribution in [1.29, 1.82) is 0 Å². The quantitative estimate of drug-likeness (QED) is 0.794. The molecule has 1 aliphatic carbocycles. The lowest BCUT2D eigenvalue weighted by molar-refractivity contribution is 0.516. The van der Waals surface area contributed by atoms with Crippen LogP contribution >= 0.6 is 23.1 Å². The van der Waals surface area contributed by atoms with E-state index in [9.17, 15) is 0 Å². The maximum atomic E-state index is 4.75. The minimum absolute atomic E-state index is 0.737. The summed E-state index contributed by atoms with van der Waals surface area (Å²) in [5, 5.41) is 8.58. The first kappa shape index (κ1) is 14.1. The smallest absolute Gasteiger partial charge is 0.225 e. The molecule has 3 rings (SSSR count). The molecule has 108 valence electrons. The van der Waals surface area contributed by atoms with Crippen LogP contribution in [0.1, 0.15) is 45.4 Å². The Balaban J connectivity index is 1.84. The third-order valence-electron chi connectivity index (χ3n) is 3.65. The van der Waals surface area contributed by atoms with E-state index in [1.807, 2.05) is 11.8 Å². The van der Waals surface area contributed by atoms with Gasteiger partial charge in [0.05, 0.1) is 0 Å². The lowest BCUT2D eigenvalue weighted by Gasteiger charge is -2.20. The van der Waals surface area contributed by atoms with E-state index in [-0.39, 0.29) is 0 Å². The molecule has 0 spiro atoms. The summed E-state index contributed by atoms with van der Waals surface area (Å²) in [4.78, 5) is 10.5. The first-order valence-corrected chi connectivity index (χ1v) is 9.28. The van der Waals surface area contributed by atoms with Gasteiger partial charge in [-0.2, -0.15) is 0 Å². The normalized spacial score (nSPS) is 16.6. The fourth-order valence-electron chi connectivity index (χ4n) is 2.57. The predicted molar refractivity (Wildman–Crippen MR) is 88.9 cm³/mol. The number of rotatable bonds is 5. The molecule has 0 saturated heterocycles. The van der Waals surface area contributed by atoms with Crippen LogP contribution in [0.5, 0.6) is 0 Å². The van der Waals surface area contributed by atoms with Gasteiger partial charge in [-0.3, -0.25) is 0 Å². The average molecular weight is 307 g/mol. The lowest BCUT2D eigenvalue weighted by atomic mass is 10.0. The molecular formula is C15H21N3S2. The molecule has 1 aliphatic rings. The number of nitrogens with one attached hydrogen (secondary N) is 1. The number of aromatic nitrogens is 2. The van der Waals surface area contributed by atoms with Gasteiger partial charge in [-0.15, -0.1) is 23.1 Å². The number of thiophene rings is 1. The van der Waals surface area contributed by atoms with Crippen molar-refractivity contribution in [3.05, 3.63) is 11.4 Å². The summed E-state index contributed by atoms with van der Waals surface area (Å²) in [6.07, 6.45) is 7.90. The molecule has 0 atom stereocenters. The molecule has 0 aliphatic heterocycles. The number of anilines is 1. The third kappa shape index (κ3) is 3.26. The fraction of sp³-hybridized carbons (Fsp3) is 0.600. The van der Waals surface area contributed by atoms with E-state index in [1.165, 1.54) is 42.5 Å². The molecule has 2 heterocycles. The van der Waals surface area contributed by atoms with E-state index in [2.05, 4.69) is 28.7 Å². The van der Waals surface area contributed by atoms with Crippen molar-refractivity contribution in [3.63, 3.8) is 0 Å². The highest BCUT2D eigenvalue weighted by atomic mass is 32.2. The molecular weight excluding hydrogens is 286 g/mol. The second-order valence-corrected chi connectivity index (χ2v) is 7.48. The van der Waals surface area contributed by atoms with Gasteiger partial charge in [0.1, 0.15) is 9.86 Å². The van der Waals surface area contributed by atoms with Crippen LogP contribution in [0.15, 0.2) is 16.5 Å². The minimum Gasteiger partial charge on any atom is -0.354 e. The first-order chi connectivity index (χ1) is 9.86. The molecule has 0 aromatic carbocycles. The third-order valence-corrected chi connectivity index (χ3v) is 5.80. The Morgan fingerprint density at radius 2 is 2.15 bits per heavy atom. The van der Waals surface area contributed by atoms with Gasteiger partial charge in [-0.25, -0.2) is 9.97 Å². The minimum atomic E-state index is 0.737. The monoisotopic (exact) mass is 307 g/mol. The van der Waals surface area contributed by atoms with Crippen LogP contribution in [-0.2, 0) is 0 Å². The van der Waals surface area contributed by atoms with Crippen molar-refractivity contribution in [2.45, 2.75) is 55.7 Å². The van der Waals surface area contributed by atoms with Crippen LogP contribution in [0.4, 0.5) is 5.95 Å². The largest absolute Gasteiger partial charge is 0.354 e. The molecule has 1 N–H and O–H groups in total. The highest BCUT2D eigenvalue weighted by molar-refractivity contribution is 8.00.